The first-order valence-electron chi connectivity index (χ1n) is 17.9. The Morgan fingerprint density at radius 3 is 2.42 bits per heavy atom. The van der Waals surface area contributed by atoms with Gasteiger partial charge < -0.3 is 19.8 Å². The second-order valence-corrected chi connectivity index (χ2v) is 16.6. The molecule has 0 aliphatic carbocycles. The van der Waals surface area contributed by atoms with E-state index in [-0.39, 0.29) is 23.7 Å². The van der Waals surface area contributed by atoms with Crippen LogP contribution in [0, 0.1) is 0 Å². The van der Waals surface area contributed by atoms with Crippen LogP contribution in [0.3, 0.4) is 0 Å². The van der Waals surface area contributed by atoms with Gasteiger partial charge in [-0.15, -0.1) is 0 Å². The van der Waals surface area contributed by atoms with Gasteiger partial charge in [0.25, 0.3) is 5.91 Å². The average molecular weight is 769 g/mol. The number of carbonyl (C=O) groups is 1. The molecule has 1 amide bonds. The first-order valence-corrected chi connectivity index (χ1v) is 20.2. The van der Waals surface area contributed by atoms with Crippen molar-refractivity contribution in [3.8, 4) is 22.5 Å². The van der Waals surface area contributed by atoms with E-state index < -0.39 is 10.0 Å². The molecule has 272 valence electrons. The van der Waals surface area contributed by atoms with Crippen LogP contribution in [0.4, 0.5) is 11.5 Å². The number of hydrogen-bond donors (Lipinski definition) is 2. The van der Waals surface area contributed by atoms with Crippen molar-refractivity contribution in [2.75, 3.05) is 35.6 Å². The van der Waals surface area contributed by atoms with E-state index in [0.29, 0.717) is 70.8 Å². The number of nitrogens with one attached hydrogen (secondary N) is 2. The minimum Gasteiger partial charge on any atom is -0.355 e. The van der Waals surface area contributed by atoms with Crippen LogP contribution in [-0.4, -0.2) is 69.6 Å². The first-order chi connectivity index (χ1) is 25.7. The van der Waals surface area contributed by atoms with Crippen LogP contribution in [0.15, 0.2) is 97.5 Å². The van der Waals surface area contributed by atoms with Gasteiger partial charge in [0.2, 0.25) is 10.0 Å². The quantitative estimate of drug-likeness (QED) is 0.160. The molecule has 2 N–H and O–H groups in total. The minimum absolute atomic E-state index is 0.0297. The Morgan fingerprint density at radius 1 is 0.906 bits per heavy atom. The summed E-state index contributed by atoms with van der Waals surface area (Å²) in [5, 5.41) is 5.19. The van der Waals surface area contributed by atoms with Gasteiger partial charge in [-0.2, -0.15) is 4.31 Å². The number of carbonyl (C=O) groups excluding carboxylic acids is 1. The van der Waals surface area contributed by atoms with E-state index in [2.05, 4.69) is 26.7 Å². The lowest BCUT2D eigenvalue weighted by Crippen LogP contribution is -2.50. The van der Waals surface area contributed by atoms with Crippen molar-refractivity contribution < 1.29 is 13.2 Å². The molecule has 1 atom stereocenters. The van der Waals surface area contributed by atoms with Crippen molar-refractivity contribution >= 4 is 61.5 Å². The number of halogens is 2. The predicted molar refractivity (Wildman–Crippen MR) is 212 cm³/mol. The number of piperidine rings is 1. The third kappa shape index (κ3) is 6.94. The first kappa shape index (κ1) is 35.4. The number of fused-ring (bicyclic) bond motifs is 1. The van der Waals surface area contributed by atoms with Crippen LogP contribution in [-0.2, 0) is 10.0 Å². The second-order valence-electron chi connectivity index (χ2n) is 13.7. The van der Waals surface area contributed by atoms with E-state index in [4.69, 9.17) is 33.2 Å². The highest BCUT2D eigenvalue weighted by Gasteiger charge is 2.35. The third-order valence-corrected chi connectivity index (χ3v) is 12.9. The lowest BCUT2D eigenvalue weighted by Gasteiger charge is -2.40. The van der Waals surface area contributed by atoms with Crippen LogP contribution < -0.4 is 10.2 Å². The van der Waals surface area contributed by atoms with Gasteiger partial charge in [0.1, 0.15) is 5.69 Å². The maximum absolute atomic E-state index is 14.6. The average Bonchev–Trinajstić information content (AvgIpc) is 3.77. The normalized spacial score (nSPS) is 17.2. The summed E-state index contributed by atoms with van der Waals surface area (Å²) in [6.45, 7) is 3.92. The molecule has 6 aromatic rings. The Balaban J connectivity index is 1.17. The molecule has 0 radical (unpaired) electrons. The number of hydrogen-bond acceptors (Lipinski definition) is 6. The topological polar surface area (TPSA) is 116 Å². The number of amides is 1. The number of aromatic amines is 1. The van der Waals surface area contributed by atoms with Gasteiger partial charge in [0.15, 0.2) is 5.82 Å². The highest BCUT2D eigenvalue weighted by atomic mass is 35.5. The number of benzene rings is 3. The molecule has 8 rings (SSSR count). The number of sulfonamides is 1. The van der Waals surface area contributed by atoms with Crippen molar-refractivity contribution in [2.45, 2.75) is 44.7 Å². The molecule has 13 heteroatoms. The summed E-state index contributed by atoms with van der Waals surface area (Å²) >= 11 is 12.8. The van der Waals surface area contributed by atoms with Crippen LogP contribution in [0.2, 0.25) is 10.0 Å². The zero-order chi connectivity index (χ0) is 36.7. The molecule has 2 saturated heterocycles. The smallest absolute Gasteiger partial charge is 0.272 e. The van der Waals surface area contributed by atoms with Crippen molar-refractivity contribution in [3.05, 3.63) is 119 Å². The number of nitrogens with zero attached hydrogens (tertiary/aromatic N) is 5. The largest absolute Gasteiger partial charge is 0.355 e. The molecule has 0 spiro atoms. The molecule has 2 aliphatic rings. The van der Waals surface area contributed by atoms with E-state index in [0.717, 1.165) is 40.7 Å². The van der Waals surface area contributed by atoms with Crippen molar-refractivity contribution in [1.29, 1.82) is 0 Å². The lowest BCUT2D eigenvalue weighted by atomic mass is 9.99. The molecule has 10 nitrogen and oxygen atoms in total. The number of aromatic nitrogens is 4. The highest BCUT2D eigenvalue weighted by Crippen LogP contribution is 2.42. The second kappa shape index (κ2) is 14.6. The van der Waals surface area contributed by atoms with E-state index in [1.54, 1.807) is 16.6 Å². The summed E-state index contributed by atoms with van der Waals surface area (Å²) in [6, 6.07) is 26.7. The molecule has 0 saturated carbocycles. The fourth-order valence-corrected chi connectivity index (χ4v) is 9.89. The Kier molecular flexibility index (Phi) is 9.76. The summed E-state index contributed by atoms with van der Waals surface area (Å²) in [6.07, 6.45) is 6.53. The van der Waals surface area contributed by atoms with Gasteiger partial charge in [-0.3, -0.25) is 4.79 Å². The predicted octanol–water partition coefficient (Wildman–Crippen LogP) is 8.66. The molecule has 53 heavy (non-hydrogen) atoms. The Morgan fingerprint density at radius 2 is 1.66 bits per heavy atom. The number of rotatable bonds is 8. The molecule has 5 heterocycles. The standard InChI is InChI=1S/C40H39Cl2N7O3S/c1-26(27-11-13-29(41)14-12-27)48-25-44-36(28-8-3-2-4-9-28)38(48)35-32-16-15-30(42)24-34(32)45-37(35)40(50)46-33-10-7-19-43-39(33)47-21-17-31(18-22-47)49-20-5-6-23-53(49,51)52/h2-4,7-16,19,24-26,31,45H,5-6,17-18,20-23H2,1H3,(H,46,50). The zero-order valence-electron chi connectivity index (χ0n) is 29.2. The highest BCUT2D eigenvalue weighted by molar-refractivity contribution is 7.89. The molecule has 1 unspecified atom stereocenters. The minimum atomic E-state index is -3.22. The summed E-state index contributed by atoms with van der Waals surface area (Å²) in [5.41, 5.74) is 5.78. The van der Waals surface area contributed by atoms with Crippen LogP contribution in [0.1, 0.15) is 54.7 Å². The van der Waals surface area contributed by atoms with Gasteiger partial charge in [0.05, 0.1) is 35.2 Å². The summed E-state index contributed by atoms with van der Waals surface area (Å²) in [4.78, 5) is 29.8. The van der Waals surface area contributed by atoms with Crippen LogP contribution >= 0.6 is 23.2 Å². The van der Waals surface area contributed by atoms with E-state index in [9.17, 15) is 13.2 Å². The molecule has 3 aromatic heterocycles. The summed E-state index contributed by atoms with van der Waals surface area (Å²) < 4.78 is 29.4. The number of anilines is 2. The Bertz CT molecular complexity index is 2390. The summed E-state index contributed by atoms with van der Waals surface area (Å²) in [7, 11) is -3.22. The Labute approximate surface area is 318 Å². The van der Waals surface area contributed by atoms with Crippen molar-refractivity contribution in [1.82, 2.24) is 23.8 Å². The fourth-order valence-electron chi connectivity index (χ4n) is 7.71. The third-order valence-electron chi connectivity index (χ3n) is 10.4. The molecule has 2 fully saturated rings. The lowest BCUT2D eigenvalue weighted by molar-refractivity contribution is 0.102. The molecular formula is C40H39Cl2N7O3S. The summed E-state index contributed by atoms with van der Waals surface area (Å²) in [5.74, 6) is 0.522. The SMILES string of the molecule is CC(c1ccc(Cl)cc1)n1cnc(-c2ccccc2)c1-c1c(C(=O)Nc2cccnc2N2CCC(N3CCCCS3(=O)=O)CC2)[nH]c2cc(Cl)ccc12. The molecule has 2 aliphatic heterocycles. The van der Waals surface area contributed by atoms with E-state index in [1.165, 1.54) is 0 Å². The van der Waals surface area contributed by atoms with Crippen molar-refractivity contribution in [3.63, 3.8) is 0 Å². The maximum atomic E-state index is 14.6. The Hall–Kier alpha value is -4.68. The van der Waals surface area contributed by atoms with Crippen molar-refractivity contribution in [2.24, 2.45) is 0 Å². The number of pyridine rings is 1. The van der Waals surface area contributed by atoms with Gasteiger partial charge in [-0.25, -0.2) is 18.4 Å². The maximum Gasteiger partial charge on any atom is 0.272 e. The van der Waals surface area contributed by atoms with Gasteiger partial charge in [0, 0.05) is 63.9 Å². The van der Waals surface area contributed by atoms with E-state index in [1.807, 2.05) is 85.2 Å². The van der Waals surface area contributed by atoms with Gasteiger partial charge >= 0.3 is 0 Å². The van der Waals surface area contributed by atoms with Gasteiger partial charge in [-0.05, 0) is 74.6 Å². The zero-order valence-corrected chi connectivity index (χ0v) is 31.5. The van der Waals surface area contributed by atoms with Crippen LogP contribution in [0.5, 0.6) is 0 Å². The molecule has 0 bridgehead atoms. The monoisotopic (exact) mass is 767 g/mol. The number of imidazole rings is 1. The van der Waals surface area contributed by atoms with E-state index >= 15 is 0 Å². The molecule has 3 aromatic carbocycles. The van der Waals surface area contributed by atoms with Gasteiger partial charge in [-0.1, -0.05) is 71.7 Å². The number of H-pyrrole nitrogens is 1. The van der Waals surface area contributed by atoms with Crippen LogP contribution in [0.25, 0.3) is 33.4 Å². The fraction of sp³-hybridized carbons (Fsp3) is 0.275. The molecular weight excluding hydrogens is 729 g/mol.